The number of hydrogen-bond acceptors (Lipinski definition) is 15. The van der Waals surface area contributed by atoms with Crippen LogP contribution in [0.5, 0.6) is 5.75 Å². The molecule has 0 amide bonds. The maximum atomic E-state index is 11.2. The molecule has 0 radical (unpaired) electrons. The van der Waals surface area contributed by atoms with E-state index in [1.807, 2.05) is 13.8 Å². The molecule has 0 N–H and O–H groups in total. The summed E-state index contributed by atoms with van der Waals surface area (Å²) in [4.78, 5) is 84.8. The topological polar surface area (TPSA) is 223 Å². The number of benzene rings is 1. The highest BCUT2D eigenvalue weighted by Crippen LogP contribution is 2.30. The molecule has 0 aliphatic carbocycles. The standard InChI is InChI=1S/C12H23NO.2C9H15NO3.C8H6N2O4/c1-2-3-4-5-6-7-8-9-10-11-13-12-14;1-4-13-9(12)8(10-6-11)5-7(2)3;1-2-13-9(12)6-4-3-5-7-10-8-11;1-14-8-3-2-6(10(12)13)4-7(8)9-5-11/h2-11H2,1H3;7-8H,4-5H2,1-3H3;2-7H2,1H3;2-4H,1H3. The van der Waals surface area contributed by atoms with Crippen LogP contribution < -0.4 is 4.74 Å². The Balaban J connectivity index is -0.000000643. The molecule has 0 bridgehead atoms. The highest BCUT2D eigenvalue weighted by atomic mass is 16.6. The summed E-state index contributed by atoms with van der Waals surface area (Å²) in [6.45, 7) is 11.6. The van der Waals surface area contributed by atoms with Crippen LogP contribution in [0, 0.1) is 16.0 Å². The number of isocyanates is 4. The van der Waals surface area contributed by atoms with E-state index in [-0.39, 0.29) is 17.3 Å². The first-order chi connectivity index (χ1) is 26.0. The van der Waals surface area contributed by atoms with Gasteiger partial charge >= 0.3 is 11.9 Å². The predicted octanol–water partition coefficient (Wildman–Crippen LogP) is 8.17. The van der Waals surface area contributed by atoms with Gasteiger partial charge in [-0.05, 0) is 51.5 Å². The number of carbonyl (C=O) groups is 2. The Morgan fingerprint density at radius 1 is 0.759 bits per heavy atom. The Kier molecular flexibility index (Phi) is 40.1. The van der Waals surface area contributed by atoms with E-state index in [2.05, 4.69) is 26.9 Å². The molecule has 54 heavy (non-hydrogen) atoms. The number of nitro groups is 1. The zero-order valence-electron chi connectivity index (χ0n) is 32.8. The van der Waals surface area contributed by atoms with E-state index >= 15 is 0 Å². The fraction of sp³-hybridized carbons (Fsp3) is 0.684. The van der Waals surface area contributed by atoms with Gasteiger partial charge in [0.1, 0.15) is 11.4 Å². The van der Waals surface area contributed by atoms with Gasteiger partial charge < -0.3 is 14.2 Å². The van der Waals surface area contributed by atoms with E-state index < -0.39 is 16.9 Å². The molecule has 302 valence electrons. The van der Waals surface area contributed by atoms with Crippen LogP contribution in [-0.2, 0) is 38.2 Å². The first-order valence-corrected chi connectivity index (χ1v) is 18.4. The monoisotopic (exact) mass is 761 g/mol. The number of carbonyl (C=O) groups excluding carboxylic acids is 6. The lowest BCUT2D eigenvalue weighted by atomic mass is 10.0. The molecule has 0 aliphatic heterocycles. The molecule has 16 nitrogen and oxygen atoms in total. The number of hydrogen-bond donors (Lipinski definition) is 0. The number of nitrogens with zero attached hydrogens (tertiary/aromatic N) is 5. The van der Waals surface area contributed by atoms with E-state index in [1.54, 1.807) is 19.9 Å². The van der Waals surface area contributed by atoms with Crippen molar-refractivity contribution in [2.24, 2.45) is 25.9 Å². The predicted molar refractivity (Wildman–Crippen MR) is 204 cm³/mol. The summed E-state index contributed by atoms with van der Waals surface area (Å²) in [6.07, 6.45) is 21.0. The quantitative estimate of drug-likeness (QED) is 0.0231. The summed E-state index contributed by atoms with van der Waals surface area (Å²) in [5.74, 6) is -0.00797. The Bertz CT molecular complexity index is 1350. The molecule has 0 saturated carbocycles. The summed E-state index contributed by atoms with van der Waals surface area (Å²) in [7, 11) is 1.38. The van der Waals surface area contributed by atoms with Gasteiger partial charge in [-0.3, -0.25) is 14.9 Å². The molecule has 0 saturated heterocycles. The number of aliphatic imine (C=N–C) groups is 4. The minimum atomic E-state index is -0.683. The number of methoxy groups -OCH3 is 1. The van der Waals surface area contributed by atoms with Crippen molar-refractivity contribution in [3.63, 3.8) is 0 Å². The van der Waals surface area contributed by atoms with Gasteiger partial charge in [-0.1, -0.05) is 78.6 Å². The second-order valence-electron chi connectivity index (χ2n) is 11.8. The number of esters is 2. The van der Waals surface area contributed by atoms with Crippen molar-refractivity contribution in [3.8, 4) is 5.75 Å². The minimum Gasteiger partial charge on any atom is -0.494 e. The lowest BCUT2D eigenvalue weighted by molar-refractivity contribution is -0.384. The number of unbranched alkanes of at least 4 members (excludes halogenated alkanes) is 10. The van der Waals surface area contributed by atoms with E-state index in [1.165, 1.54) is 88.8 Å². The van der Waals surface area contributed by atoms with Crippen LogP contribution in [-0.4, -0.2) is 80.6 Å². The van der Waals surface area contributed by atoms with Gasteiger partial charge in [0, 0.05) is 18.6 Å². The Morgan fingerprint density at radius 2 is 1.30 bits per heavy atom. The van der Waals surface area contributed by atoms with Crippen molar-refractivity contribution in [1.82, 2.24) is 0 Å². The fourth-order valence-corrected chi connectivity index (χ4v) is 4.34. The Morgan fingerprint density at radius 3 is 1.74 bits per heavy atom. The largest absolute Gasteiger partial charge is 0.494 e. The molecule has 0 aromatic heterocycles. The van der Waals surface area contributed by atoms with E-state index in [4.69, 9.17) is 14.2 Å². The van der Waals surface area contributed by atoms with Crippen molar-refractivity contribution in [1.29, 1.82) is 0 Å². The normalized spacial score (nSPS) is 9.91. The number of rotatable bonds is 25. The van der Waals surface area contributed by atoms with Crippen LogP contribution in [0.3, 0.4) is 0 Å². The van der Waals surface area contributed by atoms with Crippen molar-refractivity contribution in [3.05, 3.63) is 28.3 Å². The fourth-order valence-electron chi connectivity index (χ4n) is 4.34. The second-order valence-corrected chi connectivity index (χ2v) is 11.8. The summed E-state index contributed by atoms with van der Waals surface area (Å²) in [5, 5.41) is 10.4. The molecule has 1 unspecified atom stereocenters. The van der Waals surface area contributed by atoms with Gasteiger partial charge in [-0.25, -0.2) is 34.0 Å². The third-order valence-corrected chi connectivity index (χ3v) is 6.96. The van der Waals surface area contributed by atoms with Crippen LogP contribution in [0.1, 0.15) is 125 Å². The van der Waals surface area contributed by atoms with Gasteiger partial charge in [0.15, 0.2) is 6.04 Å². The third kappa shape index (κ3) is 35.3. The molecule has 0 heterocycles. The van der Waals surface area contributed by atoms with Crippen molar-refractivity contribution in [2.75, 3.05) is 33.4 Å². The molecular weight excluding hydrogens is 702 g/mol. The highest BCUT2D eigenvalue weighted by molar-refractivity contribution is 5.76. The average molecular weight is 762 g/mol. The lowest BCUT2D eigenvalue weighted by Crippen LogP contribution is -2.23. The molecule has 16 heteroatoms. The van der Waals surface area contributed by atoms with Gasteiger partial charge in [-0.2, -0.15) is 9.98 Å². The maximum absolute atomic E-state index is 11.2. The van der Waals surface area contributed by atoms with Gasteiger partial charge in [0.2, 0.25) is 24.3 Å². The Labute approximate surface area is 319 Å². The summed E-state index contributed by atoms with van der Waals surface area (Å²) < 4.78 is 14.3. The average Bonchev–Trinajstić information content (AvgIpc) is 3.14. The number of non-ortho nitro benzene ring substituents is 1. The smallest absolute Gasteiger partial charge is 0.331 e. The van der Waals surface area contributed by atoms with Crippen molar-refractivity contribution < 1.29 is 47.9 Å². The summed E-state index contributed by atoms with van der Waals surface area (Å²) in [6, 6.07) is 3.10. The highest BCUT2D eigenvalue weighted by Gasteiger charge is 2.19. The molecule has 0 fully saturated rings. The molecule has 0 spiro atoms. The van der Waals surface area contributed by atoms with Crippen LogP contribution in [0.25, 0.3) is 0 Å². The van der Waals surface area contributed by atoms with Crippen molar-refractivity contribution >= 4 is 47.6 Å². The first kappa shape index (κ1) is 53.2. The zero-order valence-corrected chi connectivity index (χ0v) is 32.8. The van der Waals surface area contributed by atoms with E-state index in [0.29, 0.717) is 50.8 Å². The number of ether oxygens (including phenoxy) is 3. The zero-order chi connectivity index (χ0) is 41.2. The minimum absolute atomic E-state index is 0.0942. The van der Waals surface area contributed by atoms with Gasteiger partial charge in [0.25, 0.3) is 5.69 Å². The molecule has 1 aromatic rings. The second kappa shape index (κ2) is 40.6. The third-order valence-electron chi connectivity index (χ3n) is 6.96. The van der Waals surface area contributed by atoms with Crippen LogP contribution in [0.2, 0.25) is 0 Å². The van der Waals surface area contributed by atoms with Gasteiger partial charge in [0.05, 0.1) is 38.3 Å². The SMILES string of the molecule is CCCCCCCCCCCN=C=O.CCOC(=O)C(CC(C)C)N=C=O.CCOC(=O)CCCCCN=C=O.COc1ccc([N+](=O)[O-])cc1N=C=O. The molecule has 1 atom stereocenters. The molecule has 1 aromatic carbocycles. The summed E-state index contributed by atoms with van der Waals surface area (Å²) in [5.41, 5.74) is -0.0588. The lowest BCUT2D eigenvalue weighted by Gasteiger charge is -2.11. The molecule has 0 aliphatic rings. The van der Waals surface area contributed by atoms with E-state index in [9.17, 15) is 38.9 Å². The van der Waals surface area contributed by atoms with Crippen molar-refractivity contribution in [2.45, 2.75) is 131 Å². The molecular formula is C38H59N5O11. The maximum Gasteiger partial charge on any atom is 0.331 e. The van der Waals surface area contributed by atoms with E-state index in [0.717, 1.165) is 31.7 Å². The first-order valence-electron chi connectivity index (χ1n) is 18.4. The summed E-state index contributed by atoms with van der Waals surface area (Å²) >= 11 is 0. The van der Waals surface area contributed by atoms with Crippen LogP contribution in [0.4, 0.5) is 11.4 Å². The number of nitro benzene ring substituents is 1. The molecule has 1 rings (SSSR count). The Hall–Kier alpha value is -5.12. The van der Waals surface area contributed by atoms with Crippen LogP contribution >= 0.6 is 0 Å². The van der Waals surface area contributed by atoms with Gasteiger partial charge in [-0.15, -0.1) is 0 Å². The van der Waals surface area contributed by atoms with Crippen LogP contribution in [0.15, 0.2) is 38.2 Å².